The first-order chi connectivity index (χ1) is 9.60. The predicted octanol–water partition coefficient (Wildman–Crippen LogP) is 1.30. The van der Waals surface area contributed by atoms with Crippen LogP contribution in [-0.2, 0) is 11.3 Å². The summed E-state index contributed by atoms with van der Waals surface area (Å²) in [7, 11) is 0. The molecule has 1 aliphatic rings. The van der Waals surface area contributed by atoms with Gasteiger partial charge in [-0.05, 0) is 31.4 Å². The maximum absolute atomic E-state index is 11.7. The van der Waals surface area contributed by atoms with E-state index in [9.17, 15) is 4.79 Å². The molecule has 0 bridgehead atoms. The molecule has 0 radical (unpaired) electrons. The first-order valence-corrected chi connectivity index (χ1v) is 7.36. The van der Waals surface area contributed by atoms with E-state index in [0.717, 1.165) is 39.1 Å². The summed E-state index contributed by atoms with van der Waals surface area (Å²) in [5, 5.41) is 0. The minimum Gasteiger partial charge on any atom is -0.340 e. The normalized spacial score (nSPS) is 17.1. The van der Waals surface area contributed by atoms with Crippen molar-refractivity contribution in [2.75, 3.05) is 32.7 Å². The molecule has 0 spiro atoms. The second-order valence-electron chi connectivity index (χ2n) is 5.64. The van der Waals surface area contributed by atoms with E-state index in [1.807, 2.05) is 4.90 Å². The molecule has 1 amide bonds. The first-order valence-electron chi connectivity index (χ1n) is 7.36. The van der Waals surface area contributed by atoms with E-state index in [1.54, 1.807) is 0 Å². The number of hydrogen-bond donors (Lipinski definition) is 1. The monoisotopic (exact) mass is 275 g/mol. The summed E-state index contributed by atoms with van der Waals surface area (Å²) in [6.45, 7) is 8.98. The van der Waals surface area contributed by atoms with Crippen molar-refractivity contribution >= 4 is 5.91 Å². The minimum absolute atomic E-state index is 0.0679. The second-order valence-corrected chi connectivity index (χ2v) is 5.64. The molecule has 2 N–H and O–H groups in total. The fraction of sp³-hybridized carbons (Fsp3) is 0.562. The Labute approximate surface area is 121 Å². The number of nitrogens with zero attached hydrogens (tertiary/aromatic N) is 2. The highest BCUT2D eigenvalue weighted by molar-refractivity contribution is 5.78. The molecule has 4 heteroatoms. The molecular weight excluding hydrogens is 250 g/mol. The first kappa shape index (κ1) is 15.0. The Kier molecular flexibility index (Phi) is 5.15. The molecule has 1 heterocycles. The number of hydrogen-bond acceptors (Lipinski definition) is 3. The Morgan fingerprint density at radius 2 is 2.00 bits per heavy atom. The van der Waals surface area contributed by atoms with Crippen LogP contribution in [0, 0.1) is 13.8 Å². The van der Waals surface area contributed by atoms with Crippen LogP contribution in [0.25, 0.3) is 0 Å². The number of carbonyl (C=O) groups excluding carboxylic acids is 1. The highest BCUT2D eigenvalue weighted by Gasteiger charge is 2.18. The Balaban J connectivity index is 1.95. The molecule has 0 saturated carbocycles. The van der Waals surface area contributed by atoms with Crippen LogP contribution in [0.4, 0.5) is 0 Å². The summed E-state index contributed by atoms with van der Waals surface area (Å²) >= 11 is 0. The van der Waals surface area contributed by atoms with E-state index in [1.165, 1.54) is 16.7 Å². The van der Waals surface area contributed by atoms with E-state index >= 15 is 0 Å². The predicted molar refractivity (Wildman–Crippen MR) is 81.4 cm³/mol. The highest BCUT2D eigenvalue weighted by atomic mass is 16.2. The van der Waals surface area contributed by atoms with Gasteiger partial charge in [-0.25, -0.2) is 0 Å². The zero-order valence-electron chi connectivity index (χ0n) is 12.6. The van der Waals surface area contributed by atoms with Gasteiger partial charge in [-0.2, -0.15) is 0 Å². The zero-order chi connectivity index (χ0) is 14.5. The second kappa shape index (κ2) is 6.86. The van der Waals surface area contributed by atoms with Gasteiger partial charge in [0.05, 0.1) is 6.54 Å². The number of rotatable bonds is 3. The average Bonchev–Trinajstić information content (AvgIpc) is 2.67. The molecule has 1 aromatic rings. The van der Waals surface area contributed by atoms with Crippen LogP contribution >= 0.6 is 0 Å². The number of carbonyl (C=O) groups is 1. The largest absolute Gasteiger partial charge is 0.340 e. The van der Waals surface area contributed by atoms with Gasteiger partial charge in [-0.15, -0.1) is 0 Å². The van der Waals surface area contributed by atoms with Gasteiger partial charge in [-0.3, -0.25) is 9.69 Å². The SMILES string of the molecule is Cc1ccc(CN2CCCN(C(=O)CN)CC2)c(C)c1. The Morgan fingerprint density at radius 3 is 2.70 bits per heavy atom. The van der Waals surface area contributed by atoms with Crippen molar-refractivity contribution in [3.63, 3.8) is 0 Å². The van der Waals surface area contributed by atoms with Gasteiger partial charge in [0.25, 0.3) is 0 Å². The lowest BCUT2D eigenvalue weighted by molar-refractivity contribution is -0.129. The van der Waals surface area contributed by atoms with E-state index < -0.39 is 0 Å². The van der Waals surface area contributed by atoms with Crippen molar-refractivity contribution in [2.24, 2.45) is 5.73 Å². The fourth-order valence-corrected chi connectivity index (χ4v) is 2.77. The standard InChI is InChI=1S/C16H25N3O/c1-13-4-5-15(14(2)10-13)12-18-6-3-7-19(9-8-18)16(20)11-17/h4-5,10H,3,6-9,11-12,17H2,1-2H3. The molecule has 0 aliphatic carbocycles. The van der Waals surface area contributed by atoms with Crippen LogP contribution < -0.4 is 5.73 Å². The molecule has 20 heavy (non-hydrogen) atoms. The maximum Gasteiger partial charge on any atom is 0.236 e. The molecule has 1 aliphatic heterocycles. The number of aryl methyl sites for hydroxylation is 2. The van der Waals surface area contributed by atoms with E-state index in [-0.39, 0.29) is 12.5 Å². The molecule has 1 aromatic carbocycles. The topological polar surface area (TPSA) is 49.6 Å². The molecule has 0 aromatic heterocycles. The van der Waals surface area contributed by atoms with Crippen LogP contribution in [-0.4, -0.2) is 48.4 Å². The number of amides is 1. The third kappa shape index (κ3) is 3.81. The van der Waals surface area contributed by atoms with Crippen molar-refractivity contribution in [3.05, 3.63) is 34.9 Å². The smallest absolute Gasteiger partial charge is 0.236 e. The molecule has 4 nitrogen and oxygen atoms in total. The van der Waals surface area contributed by atoms with E-state index in [0.29, 0.717) is 0 Å². The van der Waals surface area contributed by atoms with Crippen LogP contribution in [0.15, 0.2) is 18.2 Å². The summed E-state index contributed by atoms with van der Waals surface area (Å²) in [6, 6.07) is 6.63. The number of benzene rings is 1. The van der Waals surface area contributed by atoms with Gasteiger partial charge in [0.1, 0.15) is 0 Å². The Bertz CT molecular complexity index is 473. The highest BCUT2D eigenvalue weighted by Crippen LogP contribution is 2.14. The third-order valence-electron chi connectivity index (χ3n) is 4.01. The average molecular weight is 275 g/mol. The maximum atomic E-state index is 11.7. The molecule has 110 valence electrons. The van der Waals surface area contributed by atoms with Gasteiger partial charge in [0.2, 0.25) is 5.91 Å². The lowest BCUT2D eigenvalue weighted by Gasteiger charge is -2.22. The van der Waals surface area contributed by atoms with Crippen molar-refractivity contribution < 1.29 is 4.79 Å². The molecule has 2 rings (SSSR count). The molecular formula is C16H25N3O. The summed E-state index contributed by atoms with van der Waals surface area (Å²) in [4.78, 5) is 16.0. The van der Waals surface area contributed by atoms with Gasteiger partial charge in [0.15, 0.2) is 0 Å². The van der Waals surface area contributed by atoms with Gasteiger partial charge in [-0.1, -0.05) is 23.8 Å². The van der Waals surface area contributed by atoms with E-state index in [2.05, 4.69) is 36.9 Å². The van der Waals surface area contributed by atoms with Crippen LogP contribution in [0.1, 0.15) is 23.1 Å². The molecule has 0 atom stereocenters. The van der Waals surface area contributed by atoms with E-state index in [4.69, 9.17) is 5.73 Å². The summed E-state index contributed by atoms with van der Waals surface area (Å²) in [6.07, 6.45) is 1.02. The molecule has 1 saturated heterocycles. The number of nitrogens with two attached hydrogens (primary N) is 1. The summed E-state index contributed by atoms with van der Waals surface area (Å²) in [5.74, 6) is 0.0679. The van der Waals surface area contributed by atoms with Gasteiger partial charge in [0, 0.05) is 32.7 Å². The third-order valence-corrected chi connectivity index (χ3v) is 4.01. The van der Waals surface area contributed by atoms with Crippen LogP contribution in [0.3, 0.4) is 0 Å². The summed E-state index contributed by atoms with van der Waals surface area (Å²) < 4.78 is 0. The van der Waals surface area contributed by atoms with Crippen LogP contribution in [0.5, 0.6) is 0 Å². The quantitative estimate of drug-likeness (QED) is 0.904. The van der Waals surface area contributed by atoms with Crippen molar-refractivity contribution in [1.82, 2.24) is 9.80 Å². The lowest BCUT2D eigenvalue weighted by atomic mass is 10.1. The Morgan fingerprint density at radius 1 is 1.20 bits per heavy atom. The zero-order valence-corrected chi connectivity index (χ0v) is 12.6. The van der Waals surface area contributed by atoms with Crippen molar-refractivity contribution in [1.29, 1.82) is 0 Å². The van der Waals surface area contributed by atoms with Crippen molar-refractivity contribution in [2.45, 2.75) is 26.8 Å². The molecule has 0 unspecified atom stereocenters. The molecule has 1 fully saturated rings. The summed E-state index contributed by atoms with van der Waals surface area (Å²) in [5.41, 5.74) is 9.48. The van der Waals surface area contributed by atoms with Crippen molar-refractivity contribution in [3.8, 4) is 0 Å². The lowest BCUT2D eigenvalue weighted by Crippen LogP contribution is -2.38. The Hall–Kier alpha value is -1.39. The van der Waals surface area contributed by atoms with Crippen LogP contribution in [0.2, 0.25) is 0 Å². The van der Waals surface area contributed by atoms with Gasteiger partial charge < -0.3 is 10.6 Å². The van der Waals surface area contributed by atoms with Gasteiger partial charge >= 0.3 is 0 Å². The minimum atomic E-state index is 0.0679. The fourth-order valence-electron chi connectivity index (χ4n) is 2.77.